The average Bonchev–Trinajstić information content (AvgIpc) is 3.45. The van der Waals surface area contributed by atoms with Crippen LogP contribution in [0.2, 0.25) is 5.02 Å². The molecule has 2 amide bonds. The second-order valence-electron chi connectivity index (χ2n) is 9.16. The van der Waals surface area contributed by atoms with Crippen LogP contribution in [0, 0.1) is 5.82 Å². The summed E-state index contributed by atoms with van der Waals surface area (Å²) in [6, 6.07) is 8.23. The molecular formula is C26H26ClFN4O3. The number of aryl methyl sites for hydroxylation is 1. The first-order valence-corrected chi connectivity index (χ1v) is 12.2. The van der Waals surface area contributed by atoms with Gasteiger partial charge in [-0.15, -0.1) is 0 Å². The molecule has 2 aromatic carbocycles. The van der Waals surface area contributed by atoms with E-state index in [0.717, 1.165) is 28.6 Å². The highest BCUT2D eigenvalue weighted by Crippen LogP contribution is 2.29. The van der Waals surface area contributed by atoms with E-state index >= 15 is 0 Å². The SMILES string of the molecule is CC(=O)c1cn2c3ccc(cc13)NCCCc1cc(Cl)c(F)c(c1)NC(=O)[C@@H]1CCCN1C(=O)C2. The first-order valence-electron chi connectivity index (χ1n) is 11.8. The molecule has 3 aliphatic heterocycles. The van der Waals surface area contributed by atoms with Crippen molar-refractivity contribution in [2.45, 2.75) is 45.2 Å². The molecule has 0 unspecified atom stereocenters. The molecule has 1 saturated heterocycles. The van der Waals surface area contributed by atoms with Crippen LogP contribution in [-0.2, 0) is 22.6 Å². The quantitative estimate of drug-likeness (QED) is 0.481. The molecule has 2 N–H and O–H groups in total. The van der Waals surface area contributed by atoms with Gasteiger partial charge < -0.3 is 20.1 Å². The van der Waals surface area contributed by atoms with Crippen molar-refractivity contribution in [2.75, 3.05) is 23.7 Å². The maximum atomic E-state index is 14.7. The molecule has 3 aromatic rings. The van der Waals surface area contributed by atoms with Gasteiger partial charge in [-0.05, 0) is 68.5 Å². The number of amides is 2. The van der Waals surface area contributed by atoms with Crippen molar-refractivity contribution < 1.29 is 18.8 Å². The third-order valence-corrected chi connectivity index (χ3v) is 7.03. The molecule has 4 heterocycles. The van der Waals surface area contributed by atoms with Crippen molar-refractivity contribution >= 4 is 51.5 Å². The Hall–Kier alpha value is -3.39. The van der Waals surface area contributed by atoms with E-state index in [2.05, 4.69) is 10.6 Å². The number of hydrogen-bond donors (Lipinski definition) is 2. The fourth-order valence-corrected chi connectivity index (χ4v) is 5.26. The van der Waals surface area contributed by atoms with Crippen LogP contribution in [0.25, 0.3) is 10.9 Å². The molecule has 1 aromatic heterocycles. The third-order valence-electron chi connectivity index (χ3n) is 6.76. The topological polar surface area (TPSA) is 83.4 Å². The lowest BCUT2D eigenvalue weighted by Gasteiger charge is -2.25. The largest absolute Gasteiger partial charge is 0.385 e. The number of fused-ring (bicyclic) bond motifs is 6. The predicted octanol–water partition coefficient (Wildman–Crippen LogP) is 4.62. The summed E-state index contributed by atoms with van der Waals surface area (Å²) >= 11 is 6.11. The second-order valence-corrected chi connectivity index (χ2v) is 9.57. The number of nitrogens with zero attached hydrogens (tertiary/aromatic N) is 2. The Kier molecular flexibility index (Phi) is 6.23. The van der Waals surface area contributed by atoms with E-state index in [1.807, 2.05) is 18.2 Å². The van der Waals surface area contributed by atoms with Crippen molar-refractivity contribution in [1.82, 2.24) is 9.47 Å². The van der Waals surface area contributed by atoms with Crippen molar-refractivity contribution in [3.05, 3.63) is 58.5 Å². The summed E-state index contributed by atoms with van der Waals surface area (Å²) in [5, 5.41) is 6.75. The number of ketones is 1. The molecule has 35 heavy (non-hydrogen) atoms. The monoisotopic (exact) mass is 496 g/mol. The third kappa shape index (κ3) is 4.50. The van der Waals surface area contributed by atoms with Gasteiger partial charge in [0.15, 0.2) is 11.6 Å². The minimum absolute atomic E-state index is 0.00396. The minimum atomic E-state index is -0.701. The number of carbonyl (C=O) groups is 3. The zero-order valence-electron chi connectivity index (χ0n) is 19.4. The summed E-state index contributed by atoms with van der Waals surface area (Å²) in [6.45, 7) is 2.59. The van der Waals surface area contributed by atoms with Crippen molar-refractivity contribution in [1.29, 1.82) is 0 Å². The molecule has 6 bridgehead atoms. The summed E-state index contributed by atoms with van der Waals surface area (Å²) in [5.41, 5.74) is 3.03. The summed E-state index contributed by atoms with van der Waals surface area (Å²) in [7, 11) is 0. The lowest BCUT2D eigenvalue weighted by molar-refractivity contribution is -0.137. The van der Waals surface area contributed by atoms with Crippen LogP contribution >= 0.6 is 11.6 Å². The lowest BCUT2D eigenvalue weighted by Crippen LogP contribution is -2.44. The lowest BCUT2D eigenvalue weighted by atomic mass is 10.1. The zero-order valence-corrected chi connectivity index (χ0v) is 20.1. The Balaban J connectivity index is 1.55. The molecule has 0 saturated carbocycles. The molecule has 182 valence electrons. The van der Waals surface area contributed by atoms with Crippen molar-refractivity contribution in [2.24, 2.45) is 0 Å². The molecule has 9 heteroatoms. The highest BCUT2D eigenvalue weighted by Gasteiger charge is 2.35. The zero-order chi connectivity index (χ0) is 24.7. The minimum Gasteiger partial charge on any atom is -0.385 e. The maximum absolute atomic E-state index is 14.7. The van der Waals surface area contributed by atoms with Gasteiger partial charge in [0.25, 0.3) is 0 Å². The first kappa shape index (κ1) is 23.4. The first-order chi connectivity index (χ1) is 16.8. The van der Waals surface area contributed by atoms with E-state index in [1.165, 1.54) is 11.8 Å². The molecule has 3 aliphatic rings. The summed E-state index contributed by atoms with van der Waals surface area (Å²) in [4.78, 5) is 40.3. The van der Waals surface area contributed by atoms with Gasteiger partial charge in [0, 0.05) is 41.4 Å². The van der Waals surface area contributed by atoms with Crippen LogP contribution in [-0.4, -0.2) is 46.2 Å². The Morgan fingerprint density at radius 2 is 2.00 bits per heavy atom. The normalized spacial score (nSPS) is 18.8. The Morgan fingerprint density at radius 1 is 1.17 bits per heavy atom. The number of rotatable bonds is 1. The van der Waals surface area contributed by atoms with Crippen LogP contribution in [0.4, 0.5) is 15.8 Å². The molecular weight excluding hydrogens is 471 g/mol. The van der Waals surface area contributed by atoms with Crippen LogP contribution in [0.1, 0.15) is 42.1 Å². The molecule has 0 aliphatic carbocycles. The number of nitrogens with one attached hydrogen (secondary N) is 2. The molecule has 1 fully saturated rings. The summed E-state index contributed by atoms with van der Waals surface area (Å²) < 4.78 is 16.5. The highest BCUT2D eigenvalue weighted by molar-refractivity contribution is 6.31. The van der Waals surface area contributed by atoms with Gasteiger partial charge in [0.1, 0.15) is 12.6 Å². The summed E-state index contributed by atoms with van der Waals surface area (Å²) in [5.74, 6) is -1.43. The van der Waals surface area contributed by atoms with Gasteiger partial charge in [0.2, 0.25) is 11.8 Å². The van der Waals surface area contributed by atoms with Gasteiger partial charge in [-0.25, -0.2) is 4.39 Å². The molecule has 0 radical (unpaired) electrons. The van der Waals surface area contributed by atoms with Crippen molar-refractivity contribution in [3.8, 4) is 0 Å². The number of Topliss-reactive ketones (excluding diaryl/α,β-unsaturated/α-hetero) is 1. The predicted molar refractivity (Wildman–Crippen MR) is 134 cm³/mol. The van der Waals surface area contributed by atoms with Crippen LogP contribution < -0.4 is 10.6 Å². The van der Waals surface area contributed by atoms with Gasteiger partial charge in [-0.1, -0.05) is 11.6 Å². The molecule has 7 nitrogen and oxygen atoms in total. The van der Waals surface area contributed by atoms with Gasteiger partial charge in [0.05, 0.1) is 10.7 Å². The molecule has 6 rings (SSSR count). The van der Waals surface area contributed by atoms with E-state index in [4.69, 9.17) is 11.6 Å². The number of aromatic nitrogens is 1. The van der Waals surface area contributed by atoms with E-state index in [-0.39, 0.29) is 28.9 Å². The van der Waals surface area contributed by atoms with Gasteiger partial charge in [-0.2, -0.15) is 0 Å². The Morgan fingerprint density at radius 3 is 2.80 bits per heavy atom. The second kappa shape index (κ2) is 9.34. The number of halogens is 2. The average molecular weight is 497 g/mol. The number of benzene rings is 2. The van der Waals surface area contributed by atoms with Crippen LogP contribution in [0.15, 0.2) is 36.5 Å². The fraction of sp³-hybridized carbons (Fsp3) is 0.346. The van der Waals surface area contributed by atoms with Crippen LogP contribution in [0.5, 0.6) is 0 Å². The molecule has 0 spiro atoms. The number of hydrogen-bond acceptors (Lipinski definition) is 4. The maximum Gasteiger partial charge on any atom is 0.247 e. The van der Waals surface area contributed by atoms with Gasteiger partial charge >= 0.3 is 0 Å². The summed E-state index contributed by atoms with van der Waals surface area (Å²) in [6.07, 6.45) is 4.25. The molecule has 1 atom stereocenters. The number of anilines is 2. The highest BCUT2D eigenvalue weighted by atomic mass is 35.5. The standard InChI is InChI=1S/C26H26ClFN4O3/c1-15(33)19-13-31-14-24(34)32-9-3-5-23(32)26(35)30-21-11-16(10-20(27)25(21)28)4-2-8-29-17-6-7-22(31)18(19)12-17/h6-7,10-13,23,29H,2-5,8-9,14H2,1H3,(H,30,35)/t23-/m0/s1. The Labute approximate surface area is 207 Å². The van der Waals surface area contributed by atoms with E-state index in [0.29, 0.717) is 37.9 Å². The Bertz CT molecular complexity index is 1350. The van der Waals surface area contributed by atoms with Crippen LogP contribution in [0.3, 0.4) is 0 Å². The van der Waals surface area contributed by atoms with E-state index in [1.54, 1.807) is 22.9 Å². The van der Waals surface area contributed by atoms with Crippen molar-refractivity contribution in [3.63, 3.8) is 0 Å². The van der Waals surface area contributed by atoms with Gasteiger partial charge in [-0.3, -0.25) is 14.4 Å². The fourth-order valence-electron chi connectivity index (χ4n) is 5.01. The smallest absolute Gasteiger partial charge is 0.247 e. The number of carbonyl (C=O) groups excluding carboxylic acids is 3. The van der Waals surface area contributed by atoms with E-state index in [9.17, 15) is 18.8 Å². The van der Waals surface area contributed by atoms with E-state index < -0.39 is 17.8 Å².